The number of amides is 1. The number of aromatic amines is 1. The molecule has 2 aromatic heterocycles. The molecule has 1 saturated carbocycles. The van der Waals surface area contributed by atoms with E-state index in [-0.39, 0.29) is 29.7 Å². The minimum atomic E-state index is -0.306. The lowest BCUT2D eigenvalue weighted by molar-refractivity contribution is -0.129. The van der Waals surface area contributed by atoms with E-state index in [4.69, 9.17) is 31.8 Å². The summed E-state index contributed by atoms with van der Waals surface area (Å²) >= 11 is 6.53. The number of pyridine rings is 1. The predicted octanol–water partition coefficient (Wildman–Crippen LogP) is 2.82. The van der Waals surface area contributed by atoms with Crippen molar-refractivity contribution in [1.29, 1.82) is 0 Å². The fourth-order valence-electron chi connectivity index (χ4n) is 5.23. The second-order valence-electron chi connectivity index (χ2n) is 8.89. The average molecular weight is 481 g/mol. The van der Waals surface area contributed by atoms with Crippen LogP contribution in [0.15, 0.2) is 36.5 Å². The van der Waals surface area contributed by atoms with Gasteiger partial charge in [-0.1, -0.05) is 23.8 Å². The van der Waals surface area contributed by atoms with Crippen molar-refractivity contribution in [3.8, 4) is 17.1 Å². The molecule has 3 heterocycles. The Morgan fingerprint density at radius 3 is 2.79 bits per heavy atom. The van der Waals surface area contributed by atoms with Gasteiger partial charge in [-0.2, -0.15) is 0 Å². The van der Waals surface area contributed by atoms with Gasteiger partial charge < -0.3 is 30.4 Å². The highest BCUT2D eigenvalue weighted by Crippen LogP contribution is 2.50. The van der Waals surface area contributed by atoms with E-state index in [1.807, 2.05) is 18.2 Å². The predicted molar refractivity (Wildman–Crippen MR) is 130 cm³/mol. The number of aromatic nitrogens is 3. The number of imidazole rings is 1. The van der Waals surface area contributed by atoms with Gasteiger partial charge in [0.05, 0.1) is 48.7 Å². The lowest BCUT2D eigenvalue weighted by atomic mass is 9.54. The molecule has 0 bridgehead atoms. The lowest BCUT2D eigenvalue weighted by Crippen LogP contribution is -2.61. The number of fused-ring (bicyclic) bond motifs is 2. The Bertz CT molecular complexity index is 1300. The molecule has 10 heteroatoms. The van der Waals surface area contributed by atoms with Gasteiger partial charge in [0, 0.05) is 36.8 Å². The largest absolute Gasteiger partial charge is 0.496 e. The lowest BCUT2D eigenvalue weighted by Gasteiger charge is -2.53. The Balaban J connectivity index is 1.35. The number of rotatable bonds is 6. The summed E-state index contributed by atoms with van der Waals surface area (Å²) in [5.41, 5.74) is 9.43. The maximum atomic E-state index is 12.0. The number of hydrogen-bond acceptors (Lipinski definition) is 7. The first kappa shape index (κ1) is 21.2. The van der Waals surface area contributed by atoms with Gasteiger partial charge in [0.1, 0.15) is 17.1 Å². The zero-order valence-corrected chi connectivity index (χ0v) is 19.4. The second kappa shape index (κ2) is 8.18. The van der Waals surface area contributed by atoms with Gasteiger partial charge in [0.15, 0.2) is 5.65 Å². The first-order valence-electron chi connectivity index (χ1n) is 11.3. The van der Waals surface area contributed by atoms with Gasteiger partial charge in [-0.05, 0) is 18.1 Å². The zero-order valence-electron chi connectivity index (χ0n) is 18.6. The van der Waals surface area contributed by atoms with Crippen molar-refractivity contribution >= 4 is 40.0 Å². The average Bonchev–Trinajstić information content (AvgIpc) is 3.27. The molecule has 1 amide bonds. The van der Waals surface area contributed by atoms with E-state index in [1.54, 1.807) is 13.3 Å². The SMILES string of the molecule is COc1cc(N2CCOCC2)ccc1-c1nc2ncc(Cl)c(N[C@@H]3[C@H]4C=CC4[C@@H]3C(N)=O)c2[nH]1. The number of halogens is 1. The van der Waals surface area contributed by atoms with Crippen molar-refractivity contribution < 1.29 is 14.3 Å². The molecule has 2 fully saturated rings. The monoisotopic (exact) mass is 480 g/mol. The van der Waals surface area contributed by atoms with Crippen molar-refractivity contribution in [2.24, 2.45) is 23.5 Å². The topological polar surface area (TPSA) is 118 Å². The maximum Gasteiger partial charge on any atom is 0.223 e. The number of hydrogen-bond donors (Lipinski definition) is 3. The number of nitrogens with two attached hydrogens (primary N) is 1. The third-order valence-corrected chi connectivity index (χ3v) is 7.43. The van der Waals surface area contributed by atoms with Crippen molar-refractivity contribution in [2.75, 3.05) is 43.6 Å². The van der Waals surface area contributed by atoms with E-state index < -0.39 is 0 Å². The van der Waals surface area contributed by atoms with E-state index >= 15 is 0 Å². The summed E-state index contributed by atoms with van der Waals surface area (Å²) in [6.07, 6.45) is 5.72. The quantitative estimate of drug-likeness (QED) is 0.464. The van der Waals surface area contributed by atoms with Crippen LogP contribution in [-0.4, -0.2) is 60.3 Å². The number of carbonyl (C=O) groups excluding carboxylic acids is 1. The molecule has 1 saturated heterocycles. The molecular formula is C24H25ClN6O3. The minimum Gasteiger partial charge on any atom is -0.496 e. The molecule has 1 unspecified atom stereocenters. The number of H-pyrrole nitrogens is 1. The standard InChI is InChI=1S/C24H25ClN6O3/c1-33-17-10-12(31-6-8-34-9-7-31)2-3-15(17)23-29-21-20(16(25)11-27-24(21)30-23)28-19-14-5-4-13(14)18(19)22(26)32/h2-5,10-11,13-14,18-19H,6-9H2,1H3,(H2,26,32)(H2,27,28,29,30)/t13?,14-,18-,19+/m0/s1. The molecule has 34 heavy (non-hydrogen) atoms. The van der Waals surface area contributed by atoms with Gasteiger partial charge in [-0.15, -0.1) is 0 Å². The van der Waals surface area contributed by atoms with Gasteiger partial charge in [0.2, 0.25) is 5.91 Å². The Hall–Kier alpha value is -3.30. The van der Waals surface area contributed by atoms with Gasteiger partial charge in [-0.25, -0.2) is 9.97 Å². The summed E-state index contributed by atoms with van der Waals surface area (Å²) in [6.45, 7) is 3.11. The molecule has 1 aliphatic heterocycles. The molecule has 0 spiro atoms. The number of anilines is 2. The van der Waals surface area contributed by atoms with E-state index in [2.05, 4.69) is 32.3 Å². The number of methoxy groups -OCH3 is 1. The Kier molecular flexibility index (Phi) is 5.11. The Labute approximate surface area is 201 Å². The van der Waals surface area contributed by atoms with Crippen LogP contribution >= 0.6 is 11.6 Å². The Morgan fingerprint density at radius 1 is 1.29 bits per heavy atom. The molecule has 6 rings (SSSR count). The summed E-state index contributed by atoms with van der Waals surface area (Å²) in [7, 11) is 1.65. The third kappa shape index (κ3) is 3.30. The smallest absolute Gasteiger partial charge is 0.223 e. The number of carbonyl (C=O) groups is 1. The molecule has 4 atom stereocenters. The normalized spacial score (nSPS) is 25.4. The van der Waals surface area contributed by atoms with Crippen molar-refractivity contribution in [1.82, 2.24) is 15.0 Å². The van der Waals surface area contributed by atoms with Crippen molar-refractivity contribution in [3.05, 3.63) is 41.6 Å². The molecule has 3 aliphatic rings. The third-order valence-electron chi connectivity index (χ3n) is 7.15. The summed E-state index contributed by atoms with van der Waals surface area (Å²) in [6, 6.07) is 5.96. The van der Waals surface area contributed by atoms with Crippen LogP contribution in [0.3, 0.4) is 0 Å². The molecule has 176 valence electrons. The second-order valence-corrected chi connectivity index (χ2v) is 9.29. The fraction of sp³-hybridized carbons (Fsp3) is 0.375. The van der Waals surface area contributed by atoms with E-state index in [9.17, 15) is 4.79 Å². The molecule has 9 nitrogen and oxygen atoms in total. The number of primary amides is 1. The highest BCUT2D eigenvalue weighted by Gasteiger charge is 2.54. The first-order chi connectivity index (χ1) is 16.5. The summed E-state index contributed by atoms with van der Waals surface area (Å²) in [5, 5.41) is 3.90. The number of morpholine rings is 1. The maximum absolute atomic E-state index is 12.0. The number of nitrogens with one attached hydrogen (secondary N) is 2. The number of allylic oxidation sites excluding steroid dienone is 1. The molecule has 4 N–H and O–H groups in total. The summed E-state index contributed by atoms with van der Waals surface area (Å²) < 4.78 is 11.2. The molecule has 3 aromatic rings. The highest BCUT2D eigenvalue weighted by atomic mass is 35.5. The molecule has 1 aromatic carbocycles. The van der Waals surface area contributed by atoms with Crippen LogP contribution in [0.2, 0.25) is 5.02 Å². The number of ether oxygens (including phenoxy) is 2. The zero-order chi connectivity index (χ0) is 23.4. The summed E-state index contributed by atoms with van der Waals surface area (Å²) in [5.74, 6) is 1.24. The van der Waals surface area contributed by atoms with Crippen LogP contribution in [0, 0.1) is 17.8 Å². The van der Waals surface area contributed by atoms with Crippen molar-refractivity contribution in [3.63, 3.8) is 0 Å². The van der Waals surface area contributed by atoms with E-state index in [0.717, 1.165) is 24.3 Å². The molecule has 2 aliphatic carbocycles. The van der Waals surface area contributed by atoms with Gasteiger partial charge in [-0.3, -0.25) is 4.79 Å². The molecular weight excluding hydrogens is 456 g/mol. The van der Waals surface area contributed by atoms with Gasteiger partial charge >= 0.3 is 0 Å². The molecule has 0 radical (unpaired) electrons. The Morgan fingerprint density at radius 2 is 2.09 bits per heavy atom. The van der Waals surface area contributed by atoms with E-state index in [0.29, 0.717) is 46.7 Å². The van der Waals surface area contributed by atoms with Crippen molar-refractivity contribution in [2.45, 2.75) is 6.04 Å². The number of nitrogens with zero attached hydrogens (tertiary/aromatic N) is 3. The van der Waals surface area contributed by atoms with Crippen LogP contribution in [0.4, 0.5) is 11.4 Å². The van der Waals surface area contributed by atoms with Crippen LogP contribution in [0.25, 0.3) is 22.6 Å². The van der Waals surface area contributed by atoms with Crippen LogP contribution in [0.5, 0.6) is 5.75 Å². The minimum absolute atomic E-state index is 0.107. The fourth-order valence-corrected chi connectivity index (χ4v) is 5.43. The highest BCUT2D eigenvalue weighted by molar-refractivity contribution is 6.34. The van der Waals surface area contributed by atoms with E-state index in [1.165, 1.54) is 0 Å². The number of benzene rings is 1. The first-order valence-corrected chi connectivity index (χ1v) is 11.7. The van der Waals surface area contributed by atoms with Crippen LogP contribution < -0.4 is 20.7 Å². The van der Waals surface area contributed by atoms with Crippen LogP contribution in [-0.2, 0) is 9.53 Å². The van der Waals surface area contributed by atoms with Gasteiger partial charge in [0.25, 0.3) is 0 Å². The summed E-state index contributed by atoms with van der Waals surface area (Å²) in [4.78, 5) is 26.7. The van der Waals surface area contributed by atoms with Crippen LogP contribution in [0.1, 0.15) is 0 Å².